The van der Waals surface area contributed by atoms with Crippen molar-refractivity contribution in [2.24, 2.45) is 0 Å². The molecule has 0 saturated heterocycles. The van der Waals surface area contributed by atoms with Gasteiger partial charge in [-0.25, -0.2) is 9.37 Å². The van der Waals surface area contributed by atoms with Crippen molar-refractivity contribution in [3.05, 3.63) is 46.3 Å². The number of aromatic nitrogens is 2. The highest BCUT2D eigenvalue weighted by Gasteiger charge is 2.11. The molecule has 0 amide bonds. The first-order valence-electron chi connectivity index (χ1n) is 5.82. The van der Waals surface area contributed by atoms with Crippen LogP contribution in [0, 0.1) is 5.82 Å². The monoisotopic (exact) mass is 324 g/mol. The quantitative estimate of drug-likeness (QED) is 0.902. The Morgan fingerprint density at radius 2 is 2.16 bits per heavy atom. The molecule has 6 heteroatoms. The molecule has 1 unspecified atom stereocenters. The van der Waals surface area contributed by atoms with E-state index in [-0.39, 0.29) is 11.9 Å². The van der Waals surface area contributed by atoms with Crippen LogP contribution < -0.4 is 10.6 Å². The van der Waals surface area contributed by atoms with Gasteiger partial charge in [0.15, 0.2) is 11.6 Å². The average molecular weight is 325 g/mol. The molecule has 0 bridgehead atoms. The van der Waals surface area contributed by atoms with E-state index in [0.29, 0.717) is 5.95 Å². The Morgan fingerprint density at radius 1 is 1.37 bits per heavy atom. The van der Waals surface area contributed by atoms with Crippen molar-refractivity contribution in [3.63, 3.8) is 0 Å². The van der Waals surface area contributed by atoms with E-state index in [4.69, 9.17) is 0 Å². The Bertz CT molecular complexity index is 576. The van der Waals surface area contributed by atoms with Crippen LogP contribution in [0.2, 0.25) is 0 Å². The van der Waals surface area contributed by atoms with E-state index in [1.807, 2.05) is 31.2 Å². The van der Waals surface area contributed by atoms with Crippen molar-refractivity contribution in [1.82, 2.24) is 9.97 Å². The van der Waals surface area contributed by atoms with Gasteiger partial charge in [0.05, 0.1) is 12.2 Å². The molecule has 1 heterocycles. The first-order valence-corrected chi connectivity index (χ1v) is 6.61. The molecule has 4 nitrogen and oxygen atoms in total. The molecule has 2 rings (SSSR count). The Kier molecular flexibility index (Phi) is 4.31. The molecule has 0 radical (unpaired) electrons. The highest BCUT2D eigenvalue weighted by atomic mass is 79.9. The molecule has 1 aromatic carbocycles. The second kappa shape index (κ2) is 5.97. The summed E-state index contributed by atoms with van der Waals surface area (Å²) in [5.41, 5.74) is 1.04. The SMILES string of the molecule is CNc1ncc(F)c(NC(C)c2cccc(Br)c2)n1. The van der Waals surface area contributed by atoms with E-state index in [1.165, 1.54) is 0 Å². The van der Waals surface area contributed by atoms with Gasteiger partial charge in [0, 0.05) is 11.5 Å². The van der Waals surface area contributed by atoms with Crippen molar-refractivity contribution in [2.75, 3.05) is 17.7 Å². The van der Waals surface area contributed by atoms with Gasteiger partial charge in [-0.2, -0.15) is 4.98 Å². The molecule has 1 atom stereocenters. The highest BCUT2D eigenvalue weighted by molar-refractivity contribution is 9.10. The zero-order valence-electron chi connectivity index (χ0n) is 10.6. The Labute approximate surface area is 119 Å². The second-order valence-electron chi connectivity index (χ2n) is 4.06. The highest BCUT2D eigenvalue weighted by Crippen LogP contribution is 2.22. The molecular weight excluding hydrogens is 311 g/mol. The average Bonchev–Trinajstić information content (AvgIpc) is 2.41. The van der Waals surface area contributed by atoms with Crippen molar-refractivity contribution in [3.8, 4) is 0 Å². The van der Waals surface area contributed by atoms with Gasteiger partial charge in [-0.05, 0) is 24.6 Å². The van der Waals surface area contributed by atoms with Gasteiger partial charge < -0.3 is 10.6 Å². The van der Waals surface area contributed by atoms with Gasteiger partial charge in [0.2, 0.25) is 5.95 Å². The largest absolute Gasteiger partial charge is 0.361 e. The third-order valence-electron chi connectivity index (χ3n) is 2.67. The summed E-state index contributed by atoms with van der Waals surface area (Å²) in [6.45, 7) is 1.95. The third kappa shape index (κ3) is 3.41. The Balaban J connectivity index is 2.21. The molecule has 1 aromatic heterocycles. The topological polar surface area (TPSA) is 49.8 Å². The number of rotatable bonds is 4. The number of hydrogen-bond acceptors (Lipinski definition) is 4. The third-order valence-corrected chi connectivity index (χ3v) is 3.16. The molecule has 2 N–H and O–H groups in total. The van der Waals surface area contributed by atoms with Crippen molar-refractivity contribution in [1.29, 1.82) is 0 Å². The molecule has 0 spiro atoms. The van der Waals surface area contributed by atoms with Crippen LogP contribution in [0.4, 0.5) is 16.2 Å². The van der Waals surface area contributed by atoms with E-state index >= 15 is 0 Å². The van der Waals surface area contributed by atoms with Crippen LogP contribution in [-0.4, -0.2) is 17.0 Å². The van der Waals surface area contributed by atoms with Crippen LogP contribution in [-0.2, 0) is 0 Å². The lowest BCUT2D eigenvalue weighted by Gasteiger charge is -2.16. The minimum Gasteiger partial charge on any atom is -0.361 e. The molecule has 0 aliphatic heterocycles. The minimum atomic E-state index is -0.471. The van der Waals surface area contributed by atoms with Crippen LogP contribution in [0.3, 0.4) is 0 Å². The number of hydrogen-bond donors (Lipinski definition) is 2. The molecule has 0 aliphatic carbocycles. The van der Waals surface area contributed by atoms with E-state index in [0.717, 1.165) is 16.2 Å². The van der Waals surface area contributed by atoms with Gasteiger partial charge in [-0.15, -0.1) is 0 Å². The minimum absolute atomic E-state index is 0.0633. The van der Waals surface area contributed by atoms with E-state index in [9.17, 15) is 4.39 Å². The van der Waals surface area contributed by atoms with E-state index < -0.39 is 5.82 Å². The number of nitrogens with zero attached hydrogens (tertiary/aromatic N) is 2. The van der Waals surface area contributed by atoms with Crippen LogP contribution in [0.15, 0.2) is 34.9 Å². The van der Waals surface area contributed by atoms with E-state index in [2.05, 4.69) is 36.5 Å². The predicted octanol–water partition coefficient (Wildman–Crippen LogP) is 3.59. The fourth-order valence-corrected chi connectivity index (χ4v) is 2.07. The first-order chi connectivity index (χ1) is 9.10. The maximum atomic E-state index is 13.6. The standard InChI is InChI=1S/C13H14BrFN4/c1-8(9-4-3-5-10(14)6-9)18-12-11(15)7-17-13(16-2)19-12/h3-8H,1-2H3,(H2,16,17,18,19). The summed E-state index contributed by atoms with van der Waals surface area (Å²) in [4.78, 5) is 7.87. The molecule has 0 fully saturated rings. The van der Waals surface area contributed by atoms with Crippen molar-refractivity contribution in [2.45, 2.75) is 13.0 Å². The van der Waals surface area contributed by atoms with Crippen molar-refractivity contribution >= 4 is 27.7 Å². The van der Waals surface area contributed by atoms with Gasteiger partial charge in [0.1, 0.15) is 0 Å². The molecule has 100 valence electrons. The molecule has 0 saturated carbocycles. The first kappa shape index (κ1) is 13.7. The Hall–Kier alpha value is -1.69. The van der Waals surface area contributed by atoms with Crippen molar-refractivity contribution < 1.29 is 4.39 Å². The summed E-state index contributed by atoms with van der Waals surface area (Å²) in [5.74, 6) is 0.0954. The molecule has 2 aromatic rings. The smallest absolute Gasteiger partial charge is 0.224 e. The normalized spacial score (nSPS) is 12.0. The zero-order chi connectivity index (χ0) is 13.8. The summed E-state index contributed by atoms with van der Waals surface area (Å²) in [6.07, 6.45) is 1.15. The molecule has 19 heavy (non-hydrogen) atoms. The maximum Gasteiger partial charge on any atom is 0.224 e. The van der Waals surface area contributed by atoms with Gasteiger partial charge in [-0.1, -0.05) is 28.1 Å². The molecular formula is C13H14BrFN4. The lowest BCUT2D eigenvalue weighted by atomic mass is 10.1. The van der Waals surface area contributed by atoms with Crippen LogP contribution in [0.5, 0.6) is 0 Å². The summed E-state index contributed by atoms with van der Waals surface area (Å²) in [7, 11) is 1.69. The fraction of sp³-hybridized carbons (Fsp3) is 0.231. The van der Waals surface area contributed by atoms with Gasteiger partial charge in [0.25, 0.3) is 0 Å². The molecule has 0 aliphatic rings. The summed E-state index contributed by atoms with van der Waals surface area (Å²) >= 11 is 3.42. The second-order valence-corrected chi connectivity index (χ2v) is 4.98. The Morgan fingerprint density at radius 3 is 2.84 bits per heavy atom. The fourth-order valence-electron chi connectivity index (χ4n) is 1.65. The van der Waals surface area contributed by atoms with Crippen LogP contribution in [0.25, 0.3) is 0 Å². The van der Waals surface area contributed by atoms with Crippen LogP contribution in [0.1, 0.15) is 18.5 Å². The van der Waals surface area contributed by atoms with Gasteiger partial charge >= 0.3 is 0 Å². The lowest BCUT2D eigenvalue weighted by molar-refractivity contribution is 0.614. The lowest BCUT2D eigenvalue weighted by Crippen LogP contribution is -2.11. The number of anilines is 2. The number of nitrogens with one attached hydrogen (secondary N) is 2. The number of halogens is 2. The zero-order valence-corrected chi connectivity index (χ0v) is 12.2. The van der Waals surface area contributed by atoms with Gasteiger partial charge in [-0.3, -0.25) is 0 Å². The number of benzene rings is 1. The van der Waals surface area contributed by atoms with Crippen LogP contribution >= 0.6 is 15.9 Å². The van der Waals surface area contributed by atoms with E-state index in [1.54, 1.807) is 7.05 Å². The summed E-state index contributed by atoms with van der Waals surface area (Å²) in [6, 6.07) is 7.77. The predicted molar refractivity (Wildman–Crippen MR) is 77.7 cm³/mol. The summed E-state index contributed by atoms with van der Waals surface area (Å²) in [5, 5.41) is 5.82. The summed E-state index contributed by atoms with van der Waals surface area (Å²) < 4.78 is 14.6. The maximum absolute atomic E-state index is 13.6.